The van der Waals surface area contributed by atoms with Crippen LogP contribution in [0.25, 0.3) is 16.5 Å². The number of hydrogen-bond acceptors (Lipinski definition) is 7. The van der Waals surface area contributed by atoms with Gasteiger partial charge in [-0.05, 0) is 0 Å². The third kappa shape index (κ3) is 2.50. The van der Waals surface area contributed by atoms with Gasteiger partial charge in [0, 0.05) is 23.8 Å². The Morgan fingerprint density at radius 3 is 2.65 bits per heavy atom. The van der Waals surface area contributed by atoms with E-state index >= 15 is 0 Å². The topological polar surface area (TPSA) is 134 Å². The number of fused-ring (bicyclic) bond motifs is 1. The van der Waals surface area contributed by atoms with Crippen molar-refractivity contribution in [3.8, 4) is 11.5 Å². The second kappa shape index (κ2) is 5.16. The summed E-state index contributed by atoms with van der Waals surface area (Å²) in [4.78, 5) is 34.8. The van der Waals surface area contributed by atoms with E-state index in [2.05, 4.69) is 0 Å². The molecular formula is C15H10O8. The molecule has 1 aliphatic heterocycles. The summed E-state index contributed by atoms with van der Waals surface area (Å²) in [6.45, 7) is 0. The highest BCUT2D eigenvalue weighted by Gasteiger charge is 2.31. The van der Waals surface area contributed by atoms with Crippen molar-refractivity contribution in [2.45, 2.75) is 12.5 Å². The lowest BCUT2D eigenvalue weighted by atomic mass is 9.99. The predicted octanol–water partition coefficient (Wildman–Crippen LogP) is 0.988. The van der Waals surface area contributed by atoms with E-state index in [0.29, 0.717) is 0 Å². The van der Waals surface area contributed by atoms with Crippen LogP contribution in [0.1, 0.15) is 12.0 Å². The molecule has 2 heterocycles. The summed E-state index contributed by atoms with van der Waals surface area (Å²) in [6, 6.07) is 2.13. The Bertz CT molecular complexity index is 921. The van der Waals surface area contributed by atoms with E-state index in [9.17, 15) is 24.6 Å². The molecule has 0 radical (unpaired) electrons. The second-order valence-electron chi connectivity index (χ2n) is 4.94. The first-order valence-corrected chi connectivity index (χ1v) is 6.48. The monoisotopic (exact) mass is 318 g/mol. The molecule has 1 atom stereocenters. The number of carboxylic acids is 1. The zero-order valence-electron chi connectivity index (χ0n) is 11.5. The highest BCUT2D eigenvalue weighted by atomic mass is 16.5. The van der Waals surface area contributed by atoms with E-state index in [0.717, 1.165) is 24.5 Å². The molecular weight excluding hydrogens is 308 g/mol. The van der Waals surface area contributed by atoms with Gasteiger partial charge in [-0.15, -0.1) is 0 Å². The first kappa shape index (κ1) is 14.6. The maximum Gasteiger partial charge on any atom is 0.331 e. The largest absolute Gasteiger partial charge is 0.508 e. The fraction of sp³-hybridized carbons (Fsp3) is 0.133. The van der Waals surface area contributed by atoms with Crippen molar-refractivity contribution in [2.24, 2.45) is 0 Å². The normalized spacial score (nSPS) is 17.1. The molecule has 0 saturated heterocycles. The van der Waals surface area contributed by atoms with Gasteiger partial charge in [0.1, 0.15) is 34.8 Å². The minimum Gasteiger partial charge on any atom is -0.508 e. The Morgan fingerprint density at radius 2 is 1.96 bits per heavy atom. The van der Waals surface area contributed by atoms with Crippen LogP contribution in [0.4, 0.5) is 0 Å². The summed E-state index contributed by atoms with van der Waals surface area (Å²) in [6.07, 6.45) is 0.436. The summed E-state index contributed by atoms with van der Waals surface area (Å²) in [5.41, 5.74) is -0.725. The van der Waals surface area contributed by atoms with E-state index in [-0.39, 0.29) is 27.9 Å². The van der Waals surface area contributed by atoms with Crippen molar-refractivity contribution < 1.29 is 34.1 Å². The number of esters is 1. The van der Waals surface area contributed by atoms with E-state index < -0.39 is 35.6 Å². The standard InChI is InChI=1S/C15H10O8/c16-6-1-9(17)14-11(2-6)22-5-8(15(14)21)7-3-13(20)23-10(7)4-12(18)19/h1-3,5,10,16-17H,4H2,(H,18,19)/t10-/m1/s1. The molecule has 0 aliphatic carbocycles. The summed E-state index contributed by atoms with van der Waals surface area (Å²) in [5, 5.41) is 27.9. The lowest BCUT2D eigenvalue weighted by Crippen LogP contribution is -2.19. The lowest BCUT2D eigenvalue weighted by Gasteiger charge is -2.12. The average molecular weight is 318 g/mol. The first-order valence-electron chi connectivity index (χ1n) is 6.48. The number of carbonyl (C=O) groups excluding carboxylic acids is 1. The van der Waals surface area contributed by atoms with Crippen LogP contribution in [0.3, 0.4) is 0 Å². The van der Waals surface area contributed by atoms with Crippen molar-refractivity contribution in [3.05, 3.63) is 40.3 Å². The Balaban J connectivity index is 2.19. The molecule has 1 aromatic carbocycles. The minimum absolute atomic E-state index is 0.0446. The SMILES string of the molecule is O=C(O)C[C@H]1OC(=O)C=C1c1coc2cc(O)cc(O)c2c1=O. The van der Waals surface area contributed by atoms with Crippen LogP contribution in [0.15, 0.2) is 33.7 Å². The van der Waals surface area contributed by atoms with Crippen LogP contribution in [-0.2, 0) is 14.3 Å². The van der Waals surface area contributed by atoms with Crippen LogP contribution < -0.4 is 5.43 Å². The van der Waals surface area contributed by atoms with Crippen LogP contribution in [0, 0.1) is 0 Å². The number of phenolic OH excluding ortho intramolecular Hbond substituents is 2. The van der Waals surface area contributed by atoms with Crippen LogP contribution in [0.2, 0.25) is 0 Å². The number of cyclic esters (lactones) is 1. The van der Waals surface area contributed by atoms with E-state index in [1.165, 1.54) is 0 Å². The van der Waals surface area contributed by atoms with Gasteiger partial charge in [0.05, 0.1) is 12.0 Å². The molecule has 0 unspecified atom stereocenters. The maximum atomic E-state index is 12.5. The number of phenols is 2. The van der Waals surface area contributed by atoms with Gasteiger partial charge in [0.15, 0.2) is 0 Å². The number of hydrogen-bond donors (Lipinski definition) is 3. The molecule has 0 spiro atoms. The number of carbonyl (C=O) groups is 2. The number of aliphatic carboxylic acids is 1. The zero-order chi connectivity index (χ0) is 16.7. The third-order valence-electron chi connectivity index (χ3n) is 3.39. The van der Waals surface area contributed by atoms with Gasteiger partial charge in [-0.25, -0.2) is 4.79 Å². The summed E-state index contributed by atoms with van der Waals surface area (Å²) >= 11 is 0. The molecule has 8 heteroatoms. The summed E-state index contributed by atoms with van der Waals surface area (Å²) in [5.74, 6) is -2.74. The fourth-order valence-corrected chi connectivity index (χ4v) is 2.44. The minimum atomic E-state index is -1.20. The van der Waals surface area contributed by atoms with Gasteiger partial charge >= 0.3 is 11.9 Å². The number of rotatable bonds is 3. The molecule has 1 aromatic heterocycles. The molecule has 3 rings (SSSR count). The summed E-state index contributed by atoms with van der Waals surface area (Å²) < 4.78 is 10.1. The average Bonchev–Trinajstić information content (AvgIpc) is 2.78. The molecule has 8 nitrogen and oxygen atoms in total. The van der Waals surface area contributed by atoms with Gasteiger partial charge < -0.3 is 24.5 Å². The molecule has 23 heavy (non-hydrogen) atoms. The van der Waals surface area contributed by atoms with Gasteiger partial charge in [-0.3, -0.25) is 9.59 Å². The second-order valence-corrected chi connectivity index (χ2v) is 4.94. The highest BCUT2D eigenvalue weighted by Crippen LogP contribution is 2.31. The number of aromatic hydroxyl groups is 2. The molecule has 118 valence electrons. The quantitative estimate of drug-likeness (QED) is 0.713. The zero-order valence-corrected chi connectivity index (χ0v) is 11.5. The number of ether oxygens (including phenoxy) is 1. The van der Waals surface area contributed by atoms with Crippen molar-refractivity contribution >= 4 is 28.5 Å². The molecule has 1 aliphatic rings. The van der Waals surface area contributed by atoms with Crippen molar-refractivity contribution in [2.75, 3.05) is 0 Å². The van der Waals surface area contributed by atoms with Crippen molar-refractivity contribution in [3.63, 3.8) is 0 Å². The first-order chi connectivity index (χ1) is 10.9. The molecule has 0 saturated carbocycles. The van der Waals surface area contributed by atoms with Gasteiger partial charge in [-0.1, -0.05) is 0 Å². The lowest BCUT2D eigenvalue weighted by molar-refractivity contribution is -0.144. The molecule has 0 fully saturated rings. The van der Waals surface area contributed by atoms with Crippen LogP contribution >= 0.6 is 0 Å². The van der Waals surface area contributed by atoms with Gasteiger partial charge in [-0.2, -0.15) is 0 Å². The van der Waals surface area contributed by atoms with Crippen LogP contribution in [-0.4, -0.2) is 33.4 Å². The van der Waals surface area contributed by atoms with Gasteiger partial charge in [0.2, 0.25) is 5.43 Å². The van der Waals surface area contributed by atoms with Gasteiger partial charge in [0.25, 0.3) is 0 Å². The summed E-state index contributed by atoms with van der Waals surface area (Å²) in [7, 11) is 0. The molecule has 2 aromatic rings. The van der Waals surface area contributed by atoms with E-state index in [1.807, 2.05) is 0 Å². The van der Waals surface area contributed by atoms with E-state index in [4.69, 9.17) is 14.3 Å². The Morgan fingerprint density at radius 1 is 1.22 bits per heavy atom. The predicted molar refractivity (Wildman–Crippen MR) is 75.9 cm³/mol. The fourth-order valence-electron chi connectivity index (χ4n) is 2.44. The van der Waals surface area contributed by atoms with Crippen LogP contribution in [0.5, 0.6) is 11.5 Å². The van der Waals surface area contributed by atoms with Crippen molar-refractivity contribution in [1.29, 1.82) is 0 Å². The van der Waals surface area contributed by atoms with Crippen molar-refractivity contribution in [1.82, 2.24) is 0 Å². The Hall–Kier alpha value is -3.29. The highest BCUT2D eigenvalue weighted by molar-refractivity contribution is 5.99. The Kier molecular flexibility index (Phi) is 3.29. The molecule has 3 N–H and O–H groups in total. The molecule has 0 amide bonds. The third-order valence-corrected chi connectivity index (χ3v) is 3.39. The van der Waals surface area contributed by atoms with E-state index in [1.54, 1.807) is 0 Å². The smallest absolute Gasteiger partial charge is 0.331 e. The maximum absolute atomic E-state index is 12.5. The Labute approximate surface area is 127 Å². The number of carboxylic acid groups (broad SMARTS) is 1. The molecule has 0 bridgehead atoms. The number of benzene rings is 1.